The first-order valence-electron chi connectivity index (χ1n) is 7.99. The minimum absolute atomic E-state index is 0.176. The molecule has 2 aromatic heterocycles. The molecule has 0 fully saturated rings. The Kier molecular flexibility index (Phi) is 5.74. The molecular formula is C17H22N4O4. The van der Waals surface area contributed by atoms with Gasteiger partial charge in [0.05, 0.1) is 5.69 Å². The second-order valence-corrected chi connectivity index (χ2v) is 5.93. The van der Waals surface area contributed by atoms with E-state index in [0.29, 0.717) is 24.4 Å². The summed E-state index contributed by atoms with van der Waals surface area (Å²) in [5.41, 5.74) is 2.85. The summed E-state index contributed by atoms with van der Waals surface area (Å²) >= 11 is 0. The van der Waals surface area contributed by atoms with Crippen molar-refractivity contribution >= 4 is 23.4 Å². The van der Waals surface area contributed by atoms with E-state index in [2.05, 4.69) is 10.3 Å². The first-order chi connectivity index (χ1) is 11.8. The van der Waals surface area contributed by atoms with Crippen LogP contribution in [0.1, 0.15) is 34.6 Å². The van der Waals surface area contributed by atoms with Crippen LogP contribution in [0.15, 0.2) is 18.3 Å². The molecule has 0 radical (unpaired) electrons. The summed E-state index contributed by atoms with van der Waals surface area (Å²) in [6, 6.07) is 3.79. The van der Waals surface area contributed by atoms with E-state index in [1.807, 2.05) is 19.1 Å². The Balaban J connectivity index is 1.91. The number of hydrogen-bond donors (Lipinski definition) is 2. The number of aryl methyl sites for hydroxylation is 2. The largest absolute Gasteiger partial charge is 0.480 e. The Morgan fingerprint density at radius 2 is 2.04 bits per heavy atom. The maximum atomic E-state index is 12.4. The normalized spacial score (nSPS) is 10.7. The van der Waals surface area contributed by atoms with Gasteiger partial charge in [0.15, 0.2) is 0 Å². The fourth-order valence-electron chi connectivity index (χ4n) is 2.60. The third-order valence-electron chi connectivity index (χ3n) is 3.89. The van der Waals surface area contributed by atoms with Crippen LogP contribution in [0.3, 0.4) is 0 Å². The van der Waals surface area contributed by atoms with Crippen LogP contribution in [0.4, 0.5) is 0 Å². The summed E-state index contributed by atoms with van der Waals surface area (Å²) in [7, 11) is 1.44. The lowest BCUT2D eigenvalue weighted by atomic mass is 10.2. The van der Waals surface area contributed by atoms with Crippen molar-refractivity contribution in [2.45, 2.75) is 26.7 Å². The number of carbonyl (C=O) groups is 3. The highest BCUT2D eigenvalue weighted by Gasteiger charge is 2.17. The van der Waals surface area contributed by atoms with Crippen LogP contribution in [0.5, 0.6) is 0 Å². The van der Waals surface area contributed by atoms with Gasteiger partial charge in [0.1, 0.15) is 17.9 Å². The van der Waals surface area contributed by atoms with E-state index in [9.17, 15) is 14.4 Å². The van der Waals surface area contributed by atoms with Gasteiger partial charge in [-0.05, 0) is 31.9 Å². The number of aromatic nitrogens is 2. The highest BCUT2D eigenvalue weighted by atomic mass is 16.4. The van der Waals surface area contributed by atoms with E-state index in [-0.39, 0.29) is 24.8 Å². The molecule has 0 bridgehead atoms. The zero-order valence-electron chi connectivity index (χ0n) is 14.6. The molecule has 0 spiro atoms. The number of pyridine rings is 1. The van der Waals surface area contributed by atoms with Crippen molar-refractivity contribution in [1.82, 2.24) is 19.6 Å². The molecule has 8 heteroatoms. The van der Waals surface area contributed by atoms with E-state index in [0.717, 1.165) is 16.1 Å². The van der Waals surface area contributed by atoms with Crippen LogP contribution in [0.2, 0.25) is 0 Å². The summed E-state index contributed by atoms with van der Waals surface area (Å²) in [6.07, 6.45) is 2.40. The van der Waals surface area contributed by atoms with Gasteiger partial charge in [0.2, 0.25) is 5.91 Å². The number of fused-ring (bicyclic) bond motifs is 1. The van der Waals surface area contributed by atoms with Gasteiger partial charge in [-0.15, -0.1) is 0 Å². The van der Waals surface area contributed by atoms with Gasteiger partial charge >= 0.3 is 5.97 Å². The molecule has 0 unspecified atom stereocenters. The number of carboxylic acid groups (broad SMARTS) is 1. The van der Waals surface area contributed by atoms with Crippen molar-refractivity contribution in [3.63, 3.8) is 0 Å². The van der Waals surface area contributed by atoms with Crippen molar-refractivity contribution in [3.8, 4) is 0 Å². The van der Waals surface area contributed by atoms with Crippen LogP contribution in [0.25, 0.3) is 5.65 Å². The number of aliphatic carboxylic acids is 1. The molecular weight excluding hydrogens is 324 g/mol. The molecule has 2 amide bonds. The minimum atomic E-state index is -1.05. The quantitative estimate of drug-likeness (QED) is 0.728. The summed E-state index contributed by atoms with van der Waals surface area (Å²) in [6.45, 7) is 3.71. The molecule has 2 rings (SSSR count). The van der Waals surface area contributed by atoms with Crippen molar-refractivity contribution < 1.29 is 19.5 Å². The molecule has 0 saturated heterocycles. The molecule has 2 N–H and O–H groups in total. The first-order valence-corrected chi connectivity index (χ1v) is 7.99. The molecule has 8 nitrogen and oxygen atoms in total. The number of nitrogens with zero attached hydrogens (tertiary/aromatic N) is 3. The first kappa shape index (κ1) is 18.4. The van der Waals surface area contributed by atoms with Crippen LogP contribution in [-0.2, 0) is 9.59 Å². The van der Waals surface area contributed by atoms with E-state index in [1.54, 1.807) is 17.5 Å². The smallest absolute Gasteiger partial charge is 0.323 e. The number of nitrogens with one attached hydrogen (secondary N) is 1. The Hall–Kier alpha value is -2.90. The molecule has 25 heavy (non-hydrogen) atoms. The number of carboxylic acids is 1. The second kappa shape index (κ2) is 7.78. The maximum Gasteiger partial charge on any atom is 0.323 e. The standard InChI is InChI=1S/C17H22N4O4/c1-11-6-5-9-21-15(12(2)19-16(11)21)17(25)18-8-4-7-13(22)20(3)10-14(23)24/h5-6,9H,4,7-8,10H2,1-3H3,(H,18,25)(H,23,24). The monoisotopic (exact) mass is 346 g/mol. The Morgan fingerprint density at radius 3 is 2.72 bits per heavy atom. The second-order valence-electron chi connectivity index (χ2n) is 5.93. The average molecular weight is 346 g/mol. The molecule has 0 aliphatic rings. The molecule has 134 valence electrons. The van der Waals surface area contributed by atoms with E-state index in [1.165, 1.54) is 7.05 Å². The van der Waals surface area contributed by atoms with Crippen molar-refractivity contribution in [2.75, 3.05) is 20.1 Å². The van der Waals surface area contributed by atoms with E-state index >= 15 is 0 Å². The summed E-state index contributed by atoms with van der Waals surface area (Å²) in [5, 5.41) is 11.4. The van der Waals surface area contributed by atoms with Crippen LogP contribution in [-0.4, -0.2) is 57.3 Å². The Labute approximate surface area is 145 Å². The summed E-state index contributed by atoms with van der Waals surface area (Å²) in [4.78, 5) is 40.3. The third-order valence-corrected chi connectivity index (χ3v) is 3.89. The van der Waals surface area contributed by atoms with Crippen molar-refractivity contribution in [1.29, 1.82) is 0 Å². The molecule has 0 aromatic carbocycles. The van der Waals surface area contributed by atoms with Gasteiger partial charge in [-0.3, -0.25) is 18.8 Å². The average Bonchev–Trinajstić information content (AvgIpc) is 2.88. The summed E-state index contributed by atoms with van der Waals surface area (Å²) < 4.78 is 1.76. The fraction of sp³-hybridized carbons (Fsp3) is 0.412. The molecule has 0 aliphatic carbocycles. The molecule has 2 aromatic rings. The van der Waals surface area contributed by atoms with Gasteiger partial charge in [-0.2, -0.15) is 0 Å². The maximum absolute atomic E-state index is 12.4. The van der Waals surface area contributed by atoms with Gasteiger partial charge in [-0.1, -0.05) is 6.07 Å². The van der Waals surface area contributed by atoms with E-state index < -0.39 is 5.97 Å². The van der Waals surface area contributed by atoms with Gasteiger partial charge in [0, 0.05) is 26.2 Å². The zero-order valence-corrected chi connectivity index (χ0v) is 14.6. The number of amides is 2. The van der Waals surface area contributed by atoms with Crippen molar-refractivity contribution in [3.05, 3.63) is 35.3 Å². The lowest BCUT2D eigenvalue weighted by molar-refractivity contribution is -0.143. The third kappa shape index (κ3) is 4.34. The lowest BCUT2D eigenvalue weighted by Gasteiger charge is -2.14. The number of hydrogen-bond acceptors (Lipinski definition) is 4. The number of imidazole rings is 1. The molecule has 0 saturated carbocycles. The summed E-state index contributed by atoms with van der Waals surface area (Å²) in [5.74, 6) is -1.57. The van der Waals surface area contributed by atoms with Gasteiger partial charge in [-0.25, -0.2) is 4.98 Å². The van der Waals surface area contributed by atoms with Crippen LogP contribution < -0.4 is 5.32 Å². The SMILES string of the molecule is Cc1nc2c(C)cccn2c1C(=O)NCCCC(=O)N(C)CC(=O)O. The number of rotatable bonds is 7. The zero-order chi connectivity index (χ0) is 18.6. The predicted molar refractivity (Wildman–Crippen MR) is 91.5 cm³/mol. The van der Waals surface area contributed by atoms with Gasteiger partial charge in [0.25, 0.3) is 5.91 Å². The topological polar surface area (TPSA) is 104 Å². The van der Waals surface area contributed by atoms with E-state index in [4.69, 9.17) is 5.11 Å². The highest BCUT2D eigenvalue weighted by Crippen LogP contribution is 2.15. The number of likely N-dealkylation sites (N-methyl/N-ethyl adjacent to an activating group) is 1. The van der Waals surface area contributed by atoms with Crippen LogP contribution in [0, 0.1) is 13.8 Å². The minimum Gasteiger partial charge on any atom is -0.480 e. The molecule has 2 heterocycles. The molecule has 0 aliphatic heterocycles. The molecule has 0 atom stereocenters. The Morgan fingerprint density at radius 1 is 1.32 bits per heavy atom. The highest BCUT2D eigenvalue weighted by molar-refractivity contribution is 5.94. The van der Waals surface area contributed by atoms with Gasteiger partial charge < -0.3 is 15.3 Å². The predicted octanol–water partition coefficient (Wildman–Crippen LogP) is 1.00. The lowest BCUT2D eigenvalue weighted by Crippen LogP contribution is -2.33. The Bertz CT molecular complexity index is 812. The number of carbonyl (C=O) groups excluding carboxylic acids is 2. The fourth-order valence-corrected chi connectivity index (χ4v) is 2.60. The van der Waals surface area contributed by atoms with Crippen LogP contribution >= 0.6 is 0 Å². The van der Waals surface area contributed by atoms with Crippen molar-refractivity contribution in [2.24, 2.45) is 0 Å².